The van der Waals surface area contributed by atoms with Gasteiger partial charge in [-0.1, -0.05) is 66.6 Å². The first kappa shape index (κ1) is 25.1. The Labute approximate surface area is 154 Å². The van der Waals surface area contributed by atoms with E-state index in [2.05, 4.69) is 27.6 Å². The van der Waals surface area contributed by atoms with Crippen LogP contribution in [0.15, 0.2) is 45.8 Å². The Hall–Kier alpha value is -2.15. The molecule has 0 amide bonds. The lowest BCUT2D eigenvalue weighted by Crippen LogP contribution is -2.11. The van der Waals surface area contributed by atoms with Crippen LogP contribution in [0.3, 0.4) is 0 Å². The molecule has 0 aliphatic rings. The zero-order valence-corrected chi connectivity index (χ0v) is 18.3. The van der Waals surface area contributed by atoms with Crippen molar-refractivity contribution >= 4 is 27.4 Å². The van der Waals surface area contributed by atoms with Gasteiger partial charge in [-0.3, -0.25) is 0 Å². The third-order valence-electron chi connectivity index (χ3n) is 3.65. The molecule has 0 bridgehead atoms. The van der Waals surface area contributed by atoms with Crippen LogP contribution in [0, 0.1) is 0 Å². The molecule has 0 aromatic heterocycles. The van der Waals surface area contributed by atoms with Gasteiger partial charge >= 0.3 is 0 Å². The van der Waals surface area contributed by atoms with E-state index in [0.717, 1.165) is 46.6 Å². The molecule has 0 radical (unpaired) electrons. The second-order valence-corrected chi connectivity index (χ2v) is 6.61. The van der Waals surface area contributed by atoms with Crippen molar-refractivity contribution in [3.8, 4) is 0 Å². The van der Waals surface area contributed by atoms with Crippen molar-refractivity contribution < 1.29 is 15.6 Å². The highest BCUT2D eigenvalue weighted by Crippen LogP contribution is 2.14. The lowest BCUT2D eigenvalue weighted by Gasteiger charge is -2.11. The molecule has 7 heteroatoms. The topological polar surface area (TPSA) is 97.8 Å². The second kappa shape index (κ2) is 16.7. The Morgan fingerprint density at radius 1 is 0.840 bits per heavy atom. The summed E-state index contributed by atoms with van der Waals surface area (Å²) in [6.45, 7) is 9.45. The molecule has 1 aromatic carbocycles. The predicted octanol–water partition coefficient (Wildman–Crippen LogP) is 3.83. The fourth-order valence-electron chi connectivity index (χ4n) is 1.54. The Balaban J connectivity index is 0. The van der Waals surface area contributed by atoms with E-state index in [0.29, 0.717) is 5.54 Å². The first-order chi connectivity index (χ1) is 11.9. The van der Waals surface area contributed by atoms with Gasteiger partial charge in [0.05, 0.1) is 17.1 Å². The van der Waals surface area contributed by atoms with Gasteiger partial charge in [0.25, 0.3) is 0 Å². The summed E-state index contributed by atoms with van der Waals surface area (Å²) in [5, 5.41) is 33.8. The minimum absolute atomic E-state index is 0.344. The standard InChI is InChI=1S/C10H15NOSi.2C4H9NO/c1-2-9(11-12)10(13)8-6-4-3-5-7-8;2*1-3-4(2)5-6/h3-7,10,12H,2H2,1,13H3;2*6H,3H2,1-2H3. The van der Waals surface area contributed by atoms with Crippen molar-refractivity contribution in [2.24, 2.45) is 15.5 Å². The van der Waals surface area contributed by atoms with Gasteiger partial charge < -0.3 is 15.6 Å². The van der Waals surface area contributed by atoms with Crippen molar-refractivity contribution in [2.45, 2.75) is 59.4 Å². The van der Waals surface area contributed by atoms with Gasteiger partial charge in [0.2, 0.25) is 0 Å². The fraction of sp³-hybridized carbons (Fsp3) is 0.500. The van der Waals surface area contributed by atoms with Gasteiger partial charge in [0.15, 0.2) is 0 Å². The number of hydrogen-bond donors (Lipinski definition) is 3. The minimum atomic E-state index is 0.344. The van der Waals surface area contributed by atoms with Gasteiger partial charge in [-0.2, -0.15) is 0 Å². The number of hydrogen-bond acceptors (Lipinski definition) is 6. The van der Waals surface area contributed by atoms with E-state index >= 15 is 0 Å². The molecule has 0 aliphatic heterocycles. The minimum Gasteiger partial charge on any atom is -0.411 e. The van der Waals surface area contributed by atoms with Crippen LogP contribution in [0.4, 0.5) is 0 Å². The summed E-state index contributed by atoms with van der Waals surface area (Å²) >= 11 is 0. The SMILES string of the molecule is CCC(=NO)C([SiH3])c1ccccc1.CCC(C)=NO.CCC(C)=NO. The van der Waals surface area contributed by atoms with Gasteiger partial charge in [-0.05, 0) is 38.7 Å². The van der Waals surface area contributed by atoms with E-state index in [1.807, 2.05) is 39.0 Å². The quantitative estimate of drug-likeness (QED) is 0.319. The molecule has 0 heterocycles. The smallest absolute Gasteiger partial charge is 0.0605 e. The summed E-state index contributed by atoms with van der Waals surface area (Å²) in [7, 11) is 0.988. The maximum absolute atomic E-state index is 8.77. The molecule has 3 N–H and O–H groups in total. The van der Waals surface area contributed by atoms with Gasteiger partial charge in [0, 0.05) is 15.8 Å². The first-order valence-electron chi connectivity index (χ1n) is 8.52. The molecular weight excluding hydrogens is 334 g/mol. The van der Waals surface area contributed by atoms with Crippen molar-refractivity contribution in [1.82, 2.24) is 0 Å². The highest BCUT2D eigenvalue weighted by Gasteiger charge is 2.10. The van der Waals surface area contributed by atoms with Crippen LogP contribution < -0.4 is 0 Å². The zero-order chi connectivity index (χ0) is 19.7. The lowest BCUT2D eigenvalue weighted by atomic mass is 10.1. The number of oxime groups is 3. The second-order valence-electron chi connectivity index (χ2n) is 5.45. The van der Waals surface area contributed by atoms with E-state index in [4.69, 9.17) is 15.6 Å². The van der Waals surface area contributed by atoms with Crippen molar-refractivity contribution in [3.05, 3.63) is 35.9 Å². The molecule has 1 aromatic rings. The summed E-state index contributed by atoms with van der Waals surface area (Å²) in [6.07, 6.45) is 2.48. The van der Waals surface area contributed by atoms with E-state index in [9.17, 15) is 0 Å². The van der Waals surface area contributed by atoms with Crippen LogP contribution in [-0.2, 0) is 0 Å². The zero-order valence-electron chi connectivity index (χ0n) is 16.3. The third kappa shape index (κ3) is 12.9. The number of nitrogens with zero attached hydrogens (tertiary/aromatic N) is 3. The number of rotatable bonds is 5. The largest absolute Gasteiger partial charge is 0.411 e. The predicted molar refractivity (Wildman–Crippen MR) is 109 cm³/mol. The van der Waals surface area contributed by atoms with Gasteiger partial charge in [-0.25, -0.2) is 0 Å². The summed E-state index contributed by atoms with van der Waals surface area (Å²) in [5.74, 6) is 0. The van der Waals surface area contributed by atoms with Crippen LogP contribution in [0.2, 0.25) is 0 Å². The summed E-state index contributed by atoms with van der Waals surface area (Å²) in [4.78, 5) is 0. The average Bonchev–Trinajstić information content (AvgIpc) is 2.69. The maximum Gasteiger partial charge on any atom is 0.0605 e. The third-order valence-corrected chi connectivity index (χ3v) is 4.99. The molecule has 25 heavy (non-hydrogen) atoms. The maximum atomic E-state index is 8.77. The molecule has 0 aliphatic carbocycles. The van der Waals surface area contributed by atoms with Crippen LogP contribution in [0.1, 0.15) is 65.0 Å². The Kier molecular flexibility index (Phi) is 16.8. The first-order valence-corrected chi connectivity index (χ1v) is 9.67. The molecule has 0 fully saturated rings. The highest BCUT2D eigenvalue weighted by atomic mass is 28.1. The van der Waals surface area contributed by atoms with E-state index < -0.39 is 0 Å². The van der Waals surface area contributed by atoms with Crippen LogP contribution in [0.5, 0.6) is 0 Å². The highest BCUT2D eigenvalue weighted by molar-refractivity contribution is 6.26. The van der Waals surface area contributed by atoms with Crippen molar-refractivity contribution in [2.75, 3.05) is 0 Å². The molecule has 142 valence electrons. The van der Waals surface area contributed by atoms with E-state index in [-0.39, 0.29) is 0 Å². The molecule has 1 unspecified atom stereocenters. The van der Waals surface area contributed by atoms with Crippen LogP contribution in [-0.4, -0.2) is 43.0 Å². The fourth-order valence-corrected chi connectivity index (χ4v) is 2.45. The normalized spacial score (nSPS) is 13.2. The summed E-state index contributed by atoms with van der Waals surface area (Å²) in [6, 6.07) is 10.2. The Bertz CT molecular complexity index is 514. The van der Waals surface area contributed by atoms with Crippen LogP contribution in [0.25, 0.3) is 0 Å². The van der Waals surface area contributed by atoms with Crippen molar-refractivity contribution in [3.63, 3.8) is 0 Å². The van der Waals surface area contributed by atoms with Crippen LogP contribution >= 0.6 is 0 Å². The molecule has 1 atom stereocenters. The molecule has 0 spiro atoms. The summed E-state index contributed by atoms with van der Waals surface area (Å²) in [5.41, 5.74) is 4.03. The molecule has 0 saturated carbocycles. The molecule has 6 nitrogen and oxygen atoms in total. The van der Waals surface area contributed by atoms with Gasteiger partial charge in [0.1, 0.15) is 0 Å². The number of benzene rings is 1. The summed E-state index contributed by atoms with van der Waals surface area (Å²) < 4.78 is 0. The lowest BCUT2D eigenvalue weighted by molar-refractivity contribution is 0.316. The molecular formula is C18H33N3O3Si. The van der Waals surface area contributed by atoms with Gasteiger partial charge in [-0.15, -0.1) is 0 Å². The average molecular weight is 368 g/mol. The Morgan fingerprint density at radius 3 is 1.52 bits per heavy atom. The Morgan fingerprint density at radius 2 is 1.28 bits per heavy atom. The van der Waals surface area contributed by atoms with E-state index in [1.54, 1.807) is 13.8 Å². The molecule has 1 rings (SSSR count). The monoisotopic (exact) mass is 367 g/mol. The molecule has 0 saturated heterocycles. The van der Waals surface area contributed by atoms with E-state index in [1.165, 1.54) is 5.56 Å². The van der Waals surface area contributed by atoms with Crippen molar-refractivity contribution in [1.29, 1.82) is 0 Å².